The first kappa shape index (κ1) is 29.0. The summed E-state index contributed by atoms with van der Waals surface area (Å²) in [7, 11) is -3.75. The van der Waals surface area contributed by atoms with Crippen LogP contribution in [0.3, 0.4) is 0 Å². The number of nitrogens with zero attached hydrogens (tertiary/aromatic N) is 2. The summed E-state index contributed by atoms with van der Waals surface area (Å²) in [6.45, 7) is 3.77. The van der Waals surface area contributed by atoms with Crippen LogP contribution in [0.2, 0.25) is 0 Å². The lowest BCUT2D eigenvalue weighted by Gasteiger charge is -2.27. The molecule has 1 atom stereocenters. The summed E-state index contributed by atoms with van der Waals surface area (Å²) in [6, 6.07) is 12.5. The van der Waals surface area contributed by atoms with E-state index in [0.717, 1.165) is 36.2 Å². The molecule has 0 saturated heterocycles. The molecule has 0 unspecified atom stereocenters. The Morgan fingerprint density at radius 2 is 1.63 bits per heavy atom. The second-order valence-electron chi connectivity index (χ2n) is 9.16. The first-order valence-electron chi connectivity index (χ1n) is 12.7. The Labute approximate surface area is 224 Å². The smallest absolute Gasteiger partial charge is 0.263 e. The van der Waals surface area contributed by atoms with Crippen molar-refractivity contribution in [1.29, 1.82) is 0 Å². The van der Waals surface area contributed by atoms with Gasteiger partial charge in [-0.3, -0.25) is 13.9 Å². The molecule has 0 spiro atoms. The summed E-state index contributed by atoms with van der Waals surface area (Å²) in [4.78, 5) is 24.8. The molecule has 1 aliphatic rings. The van der Waals surface area contributed by atoms with Gasteiger partial charge in [0.05, 0.1) is 24.8 Å². The summed E-state index contributed by atoms with van der Waals surface area (Å²) in [5, 5.41) is 6.97. The molecule has 2 N–H and O–H groups in total. The second-order valence-corrected chi connectivity index (χ2v) is 11.0. The summed E-state index contributed by atoms with van der Waals surface area (Å²) >= 11 is 0. The summed E-state index contributed by atoms with van der Waals surface area (Å²) in [5.41, 5.74) is 3.42. The van der Waals surface area contributed by atoms with Crippen LogP contribution < -0.4 is 24.5 Å². The van der Waals surface area contributed by atoms with Crippen molar-refractivity contribution >= 4 is 33.7 Å². The molecule has 1 saturated carbocycles. The third-order valence-corrected chi connectivity index (χ3v) is 7.34. The summed E-state index contributed by atoms with van der Waals surface area (Å²) in [5.74, 6) is 0.417. The van der Waals surface area contributed by atoms with Crippen molar-refractivity contribution in [3.8, 4) is 11.5 Å². The van der Waals surface area contributed by atoms with Crippen LogP contribution in [0, 0.1) is 0 Å². The Morgan fingerprint density at radius 1 is 1.03 bits per heavy atom. The minimum absolute atomic E-state index is 0.0525. The lowest BCUT2D eigenvalue weighted by Crippen LogP contribution is -2.46. The van der Waals surface area contributed by atoms with E-state index in [1.54, 1.807) is 48.5 Å². The molecule has 3 rings (SSSR count). The highest BCUT2D eigenvalue weighted by Crippen LogP contribution is 2.24. The van der Waals surface area contributed by atoms with Crippen molar-refractivity contribution in [2.45, 2.75) is 58.0 Å². The normalized spacial score (nSPS) is 15.0. The average molecular weight is 545 g/mol. The highest BCUT2D eigenvalue weighted by atomic mass is 32.2. The molecule has 10 nitrogen and oxygen atoms in total. The molecule has 11 heteroatoms. The van der Waals surface area contributed by atoms with Crippen molar-refractivity contribution in [2.24, 2.45) is 5.10 Å². The summed E-state index contributed by atoms with van der Waals surface area (Å²) in [6.07, 6.45) is 8.03. The largest absolute Gasteiger partial charge is 0.494 e. The molecular formula is C27H36N4O6S. The standard InChI is InChI=1S/C27H36N4O6S/c1-4-36-24-16-12-23(13-17-24)31(38(3,34)35)20(2)27(33)30-28-18-21-10-14-25(15-11-21)37-19-26(32)29-22-8-6-5-7-9-22/h10-18,20,22H,4-9,19H2,1-3H3,(H,29,32)(H,30,33)/b28-18-/t20-/m0/s1. The van der Waals surface area contributed by atoms with E-state index in [1.165, 1.54) is 19.6 Å². The van der Waals surface area contributed by atoms with Gasteiger partial charge in [-0.25, -0.2) is 13.8 Å². The fourth-order valence-electron chi connectivity index (χ4n) is 4.24. The highest BCUT2D eigenvalue weighted by Gasteiger charge is 2.29. The third kappa shape index (κ3) is 8.76. The molecule has 206 valence electrons. The monoisotopic (exact) mass is 544 g/mol. The molecule has 0 heterocycles. The minimum Gasteiger partial charge on any atom is -0.494 e. The fraction of sp³-hybridized carbons (Fsp3) is 0.444. The van der Waals surface area contributed by atoms with Crippen LogP contribution in [0.1, 0.15) is 51.5 Å². The average Bonchev–Trinajstić information content (AvgIpc) is 2.89. The van der Waals surface area contributed by atoms with Crippen molar-refractivity contribution in [2.75, 3.05) is 23.8 Å². The van der Waals surface area contributed by atoms with E-state index in [2.05, 4.69) is 15.8 Å². The minimum atomic E-state index is -3.75. The van der Waals surface area contributed by atoms with Crippen LogP contribution >= 0.6 is 0 Å². The van der Waals surface area contributed by atoms with Gasteiger partial charge in [-0.05, 0) is 80.8 Å². The Kier molecular flexibility index (Phi) is 10.5. The van der Waals surface area contributed by atoms with Gasteiger partial charge in [-0.1, -0.05) is 19.3 Å². The van der Waals surface area contributed by atoms with Crippen LogP contribution in [0.15, 0.2) is 53.6 Å². The van der Waals surface area contributed by atoms with Crippen molar-refractivity contribution in [3.63, 3.8) is 0 Å². The fourth-order valence-corrected chi connectivity index (χ4v) is 5.42. The molecular weight excluding hydrogens is 508 g/mol. The summed E-state index contributed by atoms with van der Waals surface area (Å²) < 4.78 is 36.9. The lowest BCUT2D eigenvalue weighted by atomic mass is 9.95. The number of sulfonamides is 1. The maximum atomic E-state index is 12.7. The van der Waals surface area contributed by atoms with Gasteiger partial charge in [0.15, 0.2) is 6.61 Å². The van der Waals surface area contributed by atoms with Crippen LogP contribution in [0.4, 0.5) is 5.69 Å². The molecule has 38 heavy (non-hydrogen) atoms. The molecule has 0 aliphatic heterocycles. The predicted octanol–water partition coefficient (Wildman–Crippen LogP) is 3.22. The Bertz CT molecular complexity index is 1190. The SMILES string of the molecule is CCOc1ccc(N([C@@H](C)C(=O)N/N=C\c2ccc(OCC(=O)NC3CCCCC3)cc2)S(C)(=O)=O)cc1. The van der Waals surface area contributed by atoms with Gasteiger partial charge < -0.3 is 14.8 Å². The lowest BCUT2D eigenvalue weighted by molar-refractivity contribution is -0.124. The number of nitrogens with one attached hydrogen (secondary N) is 2. The van der Waals surface area contributed by atoms with E-state index in [-0.39, 0.29) is 18.6 Å². The molecule has 0 radical (unpaired) electrons. The number of ether oxygens (including phenoxy) is 2. The molecule has 2 aromatic carbocycles. The Hall–Kier alpha value is -3.60. The maximum Gasteiger partial charge on any atom is 0.263 e. The van der Waals surface area contributed by atoms with Crippen LogP contribution in [-0.2, 0) is 19.6 Å². The number of hydrogen-bond donors (Lipinski definition) is 2. The number of amides is 2. The second kappa shape index (κ2) is 13.8. The van der Waals surface area contributed by atoms with Gasteiger partial charge in [0.1, 0.15) is 17.5 Å². The number of rotatable bonds is 12. The Balaban J connectivity index is 1.52. The van der Waals surface area contributed by atoms with E-state index in [9.17, 15) is 18.0 Å². The highest BCUT2D eigenvalue weighted by molar-refractivity contribution is 7.92. The number of carbonyl (C=O) groups excluding carboxylic acids is 2. The van der Waals surface area contributed by atoms with Crippen LogP contribution in [0.25, 0.3) is 0 Å². The van der Waals surface area contributed by atoms with E-state index < -0.39 is 22.0 Å². The van der Waals surface area contributed by atoms with Gasteiger partial charge in [-0.15, -0.1) is 0 Å². The number of carbonyl (C=O) groups is 2. The van der Waals surface area contributed by atoms with Crippen molar-refractivity contribution in [3.05, 3.63) is 54.1 Å². The van der Waals surface area contributed by atoms with Crippen molar-refractivity contribution < 1.29 is 27.5 Å². The number of benzene rings is 2. The maximum absolute atomic E-state index is 12.7. The molecule has 1 aliphatic carbocycles. The molecule has 2 aromatic rings. The first-order valence-corrected chi connectivity index (χ1v) is 14.6. The van der Waals surface area contributed by atoms with E-state index in [1.807, 2.05) is 6.92 Å². The van der Waals surface area contributed by atoms with E-state index >= 15 is 0 Å². The zero-order valence-corrected chi connectivity index (χ0v) is 22.9. The molecule has 0 bridgehead atoms. The zero-order chi connectivity index (χ0) is 27.5. The predicted molar refractivity (Wildman–Crippen MR) is 147 cm³/mol. The zero-order valence-electron chi connectivity index (χ0n) is 22.1. The third-order valence-electron chi connectivity index (χ3n) is 6.10. The first-order chi connectivity index (χ1) is 18.2. The molecule has 1 fully saturated rings. The molecule has 0 aromatic heterocycles. The quantitative estimate of drug-likeness (QED) is 0.312. The van der Waals surface area contributed by atoms with Crippen LogP contribution in [-0.4, -0.2) is 58.0 Å². The number of anilines is 1. The van der Waals surface area contributed by atoms with Crippen molar-refractivity contribution in [1.82, 2.24) is 10.7 Å². The van der Waals surface area contributed by atoms with E-state index in [4.69, 9.17) is 9.47 Å². The molecule has 2 amide bonds. The number of hydrogen-bond acceptors (Lipinski definition) is 7. The van der Waals surface area contributed by atoms with Gasteiger partial charge in [0, 0.05) is 6.04 Å². The van der Waals surface area contributed by atoms with Gasteiger partial charge >= 0.3 is 0 Å². The van der Waals surface area contributed by atoms with E-state index in [0.29, 0.717) is 29.4 Å². The Morgan fingerprint density at radius 3 is 2.24 bits per heavy atom. The van der Waals surface area contributed by atoms with Gasteiger partial charge in [0.2, 0.25) is 10.0 Å². The van der Waals surface area contributed by atoms with Crippen LogP contribution in [0.5, 0.6) is 11.5 Å². The van der Waals surface area contributed by atoms with Gasteiger partial charge in [-0.2, -0.15) is 5.10 Å². The topological polar surface area (TPSA) is 126 Å². The number of hydrazone groups is 1. The van der Waals surface area contributed by atoms with Gasteiger partial charge in [0.25, 0.3) is 11.8 Å².